The zero-order valence-electron chi connectivity index (χ0n) is 15.7. The molecule has 0 bridgehead atoms. The number of halogens is 2. The first kappa shape index (κ1) is 18.8. The van der Waals surface area contributed by atoms with E-state index in [4.69, 9.17) is 0 Å². The first-order valence-electron chi connectivity index (χ1n) is 10.5. The number of hydrogen-bond donors (Lipinski definition) is 0. The molecule has 0 spiro atoms. The molecule has 0 atom stereocenters. The van der Waals surface area contributed by atoms with E-state index in [2.05, 4.69) is 11.9 Å². The summed E-state index contributed by atoms with van der Waals surface area (Å²) in [4.78, 5) is 3.49. The summed E-state index contributed by atoms with van der Waals surface area (Å²) in [5, 5.41) is 0. The van der Waals surface area contributed by atoms with Gasteiger partial charge in [0.2, 0.25) is 5.95 Å². The number of aromatic nitrogens is 1. The van der Waals surface area contributed by atoms with E-state index in [0.29, 0.717) is 0 Å². The predicted molar refractivity (Wildman–Crippen MR) is 98.3 cm³/mol. The fraction of sp³-hybridized carbons (Fsp3) is 0.773. The van der Waals surface area contributed by atoms with Gasteiger partial charge < -0.3 is 0 Å². The third-order valence-electron chi connectivity index (χ3n) is 6.84. The van der Waals surface area contributed by atoms with Gasteiger partial charge >= 0.3 is 0 Å². The quantitative estimate of drug-likeness (QED) is 0.520. The van der Waals surface area contributed by atoms with E-state index in [0.717, 1.165) is 42.1 Å². The Balaban J connectivity index is 1.38. The van der Waals surface area contributed by atoms with Crippen molar-refractivity contribution >= 4 is 0 Å². The van der Waals surface area contributed by atoms with Gasteiger partial charge in [-0.05, 0) is 73.8 Å². The van der Waals surface area contributed by atoms with Crippen molar-refractivity contribution in [2.45, 2.75) is 84.0 Å². The van der Waals surface area contributed by atoms with Crippen LogP contribution in [0.4, 0.5) is 8.78 Å². The van der Waals surface area contributed by atoms with Gasteiger partial charge in [0.1, 0.15) is 0 Å². The van der Waals surface area contributed by atoms with Gasteiger partial charge in [0.25, 0.3) is 0 Å². The summed E-state index contributed by atoms with van der Waals surface area (Å²) in [5.41, 5.74) is 0.829. The molecule has 140 valence electrons. The first-order valence-corrected chi connectivity index (χ1v) is 10.5. The Bertz CT molecular complexity index is 529. The van der Waals surface area contributed by atoms with Gasteiger partial charge in [0.15, 0.2) is 5.82 Å². The molecule has 2 aliphatic rings. The van der Waals surface area contributed by atoms with Crippen molar-refractivity contribution in [3.05, 3.63) is 29.6 Å². The maximum atomic E-state index is 13.2. The zero-order valence-corrected chi connectivity index (χ0v) is 15.7. The fourth-order valence-electron chi connectivity index (χ4n) is 5.27. The standard InChI is InChI=1S/C22H33F2N/c1-2-3-16-6-10-19(11-7-16)20-12-8-17(9-13-20)4-5-18-14-21(23)22(24)25-15-18/h14-17,19-20H,2-13H2,1H3/t16-,17?,19-,20?. The van der Waals surface area contributed by atoms with Crippen molar-refractivity contribution in [3.8, 4) is 0 Å². The Morgan fingerprint density at radius 1 is 0.880 bits per heavy atom. The highest BCUT2D eigenvalue weighted by molar-refractivity contribution is 5.11. The highest BCUT2D eigenvalue weighted by Crippen LogP contribution is 2.42. The second-order valence-corrected chi connectivity index (χ2v) is 8.51. The molecule has 1 aromatic rings. The molecule has 0 aromatic carbocycles. The van der Waals surface area contributed by atoms with Gasteiger partial charge in [-0.1, -0.05) is 45.4 Å². The molecule has 25 heavy (non-hydrogen) atoms. The van der Waals surface area contributed by atoms with E-state index in [1.165, 1.54) is 76.5 Å². The van der Waals surface area contributed by atoms with Crippen LogP contribution in [0.25, 0.3) is 0 Å². The zero-order chi connectivity index (χ0) is 17.6. The predicted octanol–water partition coefficient (Wildman–Crippen LogP) is 6.71. The maximum absolute atomic E-state index is 13.2. The minimum atomic E-state index is -0.988. The molecule has 0 radical (unpaired) electrons. The largest absolute Gasteiger partial charge is 0.248 e. The lowest BCUT2D eigenvalue weighted by Gasteiger charge is -2.38. The van der Waals surface area contributed by atoms with E-state index in [1.807, 2.05) is 0 Å². The minimum Gasteiger partial charge on any atom is -0.225 e. The topological polar surface area (TPSA) is 12.9 Å². The van der Waals surface area contributed by atoms with Gasteiger partial charge in [0, 0.05) is 6.20 Å². The lowest BCUT2D eigenvalue weighted by Crippen LogP contribution is -2.26. The Morgan fingerprint density at radius 2 is 1.44 bits per heavy atom. The highest BCUT2D eigenvalue weighted by atomic mass is 19.2. The third-order valence-corrected chi connectivity index (χ3v) is 6.84. The second kappa shape index (κ2) is 9.09. The number of nitrogens with zero attached hydrogens (tertiary/aromatic N) is 1. The molecule has 2 saturated carbocycles. The fourth-order valence-corrected chi connectivity index (χ4v) is 5.27. The average molecular weight is 350 g/mol. The van der Waals surface area contributed by atoms with Crippen molar-refractivity contribution in [1.82, 2.24) is 4.98 Å². The van der Waals surface area contributed by atoms with Crippen LogP contribution in [0.5, 0.6) is 0 Å². The normalized spacial score (nSPS) is 30.4. The Kier molecular flexibility index (Phi) is 6.84. The van der Waals surface area contributed by atoms with Gasteiger partial charge in [-0.25, -0.2) is 9.37 Å². The van der Waals surface area contributed by atoms with Crippen LogP contribution in [0.3, 0.4) is 0 Å². The van der Waals surface area contributed by atoms with Crippen LogP contribution in [0, 0.1) is 35.4 Å². The molecule has 2 aliphatic carbocycles. The molecule has 0 amide bonds. The molecule has 3 rings (SSSR count). The molecule has 3 heteroatoms. The maximum Gasteiger partial charge on any atom is 0.248 e. The van der Waals surface area contributed by atoms with Crippen LogP contribution in [-0.2, 0) is 6.42 Å². The number of aryl methyl sites for hydroxylation is 1. The molecule has 0 N–H and O–H groups in total. The Hall–Kier alpha value is -0.990. The van der Waals surface area contributed by atoms with Gasteiger partial charge in [0.05, 0.1) is 0 Å². The summed E-state index contributed by atoms with van der Waals surface area (Å²) >= 11 is 0. The van der Waals surface area contributed by atoms with Gasteiger partial charge in [-0.15, -0.1) is 0 Å². The summed E-state index contributed by atoms with van der Waals surface area (Å²) in [5.74, 6) is 1.87. The second-order valence-electron chi connectivity index (χ2n) is 8.51. The van der Waals surface area contributed by atoms with Crippen LogP contribution in [0.2, 0.25) is 0 Å². The van der Waals surface area contributed by atoms with Crippen LogP contribution in [0.1, 0.15) is 83.1 Å². The number of rotatable bonds is 6. The van der Waals surface area contributed by atoms with E-state index < -0.39 is 11.8 Å². The number of pyridine rings is 1. The van der Waals surface area contributed by atoms with E-state index in [1.54, 1.807) is 0 Å². The SMILES string of the molecule is CCC[C@H]1CC[C@H](C2CCC(CCc3cnc(F)c(F)c3)CC2)CC1. The van der Waals surface area contributed by atoms with Crippen molar-refractivity contribution < 1.29 is 8.78 Å². The summed E-state index contributed by atoms with van der Waals surface area (Å²) in [6.07, 6.45) is 17.4. The molecule has 2 fully saturated rings. The molecule has 1 nitrogen and oxygen atoms in total. The van der Waals surface area contributed by atoms with Crippen molar-refractivity contribution in [1.29, 1.82) is 0 Å². The number of hydrogen-bond acceptors (Lipinski definition) is 1. The molecule has 1 heterocycles. The van der Waals surface area contributed by atoms with Crippen LogP contribution in [0.15, 0.2) is 12.3 Å². The molecule has 0 unspecified atom stereocenters. The smallest absolute Gasteiger partial charge is 0.225 e. The van der Waals surface area contributed by atoms with Crippen molar-refractivity contribution in [2.75, 3.05) is 0 Å². The van der Waals surface area contributed by atoms with E-state index >= 15 is 0 Å². The Morgan fingerprint density at radius 3 is 1.96 bits per heavy atom. The molecular weight excluding hydrogens is 316 g/mol. The monoisotopic (exact) mass is 349 g/mol. The lowest BCUT2D eigenvalue weighted by atomic mass is 9.68. The van der Waals surface area contributed by atoms with Crippen molar-refractivity contribution in [3.63, 3.8) is 0 Å². The summed E-state index contributed by atoms with van der Waals surface area (Å²) in [6.45, 7) is 2.31. The molecule has 1 aromatic heterocycles. The summed E-state index contributed by atoms with van der Waals surface area (Å²) in [7, 11) is 0. The lowest BCUT2D eigenvalue weighted by molar-refractivity contribution is 0.141. The Labute approximate surface area is 151 Å². The van der Waals surface area contributed by atoms with E-state index in [9.17, 15) is 8.78 Å². The molecule has 0 aliphatic heterocycles. The third kappa shape index (κ3) is 5.24. The average Bonchev–Trinajstić information content (AvgIpc) is 2.64. The first-order chi connectivity index (χ1) is 12.2. The van der Waals surface area contributed by atoms with Crippen LogP contribution >= 0.6 is 0 Å². The molecule has 0 saturated heterocycles. The highest BCUT2D eigenvalue weighted by Gasteiger charge is 2.30. The van der Waals surface area contributed by atoms with Crippen LogP contribution < -0.4 is 0 Å². The van der Waals surface area contributed by atoms with Gasteiger partial charge in [-0.2, -0.15) is 4.39 Å². The van der Waals surface area contributed by atoms with Crippen molar-refractivity contribution in [2.24, 2.45) is 23.7 Å². The van der Waals surface area contributed by atoms with Crippen LogP contribution in [-0.4, -0.2) is 4.98 Å². The minimum absolute atomic E-state index is 0.751. The molecular formula is C22H33F2N. The summed E-state index contributed by atoms with van der Waals surface area (Å²) in [6, 6.07) is 1.31. The van der Waals surface area contributed by atoms with Gasteiger partial charge in [-0.3, -0.25) is 0 Å². The van der Waals surface area contributed by atoms with E-state index in [-0.39, 0.29) is 0 Å². The summed E-state index contributed by atoms with van der Waals surface area (Å²) < 4.78 is 26.1.